The highest BCUT2D eigenvalue weighted by Gasteiger charge is 2.12. The van der Waals surface area contributed by atoms with Crippen LogP contribution >= 0.6 is 11.8 Å². The molecule has 0 bridgehead atoms. The zero-order chi connectivity index (χ0) is 9.40. The molecule has 1 atom stereocenters. The van der Waals surface area contributed by atoms with Gasteiger partial charge in [0.1, 0.15) is 6.04 Å². The second-order valence-corrected chi connectivity index (χ2v) is 3.71. The number of carbonyl (C=O) groups excluding carboxylic acids is 1. The molecule has 0 unspecified atom stereocenters. The monoisotopic (exact) mass is 191 g/mol. The molecule has 0 rings (SSSR count). The number of hydrogen-bond donors (Lipinski definition) is 1. The van der Waals surface area contributed by atoms with Crippen LogP contribution in [0.15, 0.2) is 0 Å². The summed E-state index contributed by atoms with van der Waals surface area (Å²) in [5, 5.41) is 0. The molecule has 72 valence electrons. The van der Waals surface area contributed by atoms with E-state index >= 15 is 0 Å². The minimum Gasteiger partial charge on any atom is -0.468 e. The predicted molar refractivity (Wildman–Crippen MR) is 52.2 cm³/mol. The van der Waals surface area contributed by atoms with E-state index in [2.05, 4.69) is 11.7 Å². The average molecular weight is 191 g/mol. The molecule has 0 aliphatic heterocycles. The van der Waals surface area contributed by atoms with Crippen molar-refractivity contribution in [1.29, 1.82) is 0 Å². The number of methoxy groups -OCH3 is 1. The summed E-state index contributed by atoms with van der Waals surface area (Å²) in [5.74, 6) is 1.41. The average Bonchev–Trinajstić information content (AvgIpc) is 2.10. The van der Waals surface area contributed by atoms with Gasteiger partial charge in [-0.15, -0.1) is 0 Å². The van der Waals surface area contributed by atoms with Crippen molar-refractivity contribution in [2.75, 3.05) is 18.6 Å². The molecule has 3 nitrogen and oxygen atoms in total. The Kier molecular flexibility index (Phi) is 7.29. The lowest BCUT2D eigenvalue weighted by atomic mass is 10.4. The normalized spacial score (nSPS) is 12.6. The van der Waals surface area contributed by atoms with Gasteiger partial charge in [-0.1, -0.05) is 13.3 Å². The number of esters is 1. The molecule has 0 spiro atoms. The molecule has 0 saturated carbocycles. The smallest absolute Gasteiger partial charge is 0.323 e. The van der Waals surface area contributed by atoms with Crippen molar-refractivity contribution < 1.29 is 9.53 Å². The molecule has 0 amide bonds. The van der Waals surface area contributed by atoms with E-state index in [9.17, 15) is 4.79 Å². The Labute approximate surface area is 78.0 Å². The minimum absolute atomic E-state index is 0.320. The van der Waals surface area contributed by atoms with Crippen LogP contribution in [0.2, 0.25) is 0 Å². The molecule has 12 heavy (non-hydrogen) atoms. The maximum atomic E-state index is 10.8. The molecule has 4 heteroatoms. The van der Waals surface area contributed by atoms with Crippen LogP contribution in [-0.4, -0.2) is 30.6 Å². The lowest BCUT2D eigenvalue weighted by Gasteiger charge is -2.07. The first-order valence-electron chi connectivity index (χ1n) is 4.13. The SMILES string of the molecule is CCCCSC[C@H](N)C(=O)OC. The van der Waals surface area contributed by atoms with E-state index in [-0.39, 0.29) is 5.97 Å². The van der Waals surface area contributed by atoms with Gasteiger partial charge in [0.2, 0.25) is 0 Å². The van der Waals surface area contributed by atoms with Gasteiger partial charge in [0, 0.05) is 5.75 Å². The third kappa shape index (κ3) is 5.43. The number of ether oxygens (including phenoxy) is 1. The summed E-state index contributed by atoms with van der Waals surface area (Å²) >= 11 is 1.70. The molecule has 0 aromatic rings. The molecule has 0 aliphatic rings. The van der Waals surface area contributed by atoms with Gasteiger partial charge < -0.3 is 10.5 Å². The maximum Gasteiger partial charge on any atom is 0.323 e. The highest BCUT2D eigenvalue weighted by Crippen LogP contribution is 2.05. The van der Waals surface area contributed by atoms with E-state index < -0.39 is 6.04 Å². The molecular formula is C8H17NO2S. The molecule has 0 saturated heterocycles. The Bertz CT molecular complexity index is 130. The minimum atomic E-state index is -0.461. The van der Waals surface area contributed by atoms with Crippen LogP contribution in [0.1, 0.15) is 19.8 Å². The van der Waals surface area contributed by atoms with E-state index in [1.54, 1.807) is 11.8 Å². The van der Waals surface area contributed by atoms with Crippen molar-refractivity contribution in [3.8, 4) is 0 Å². The first-order valence-corrected chi connectivity index (χ1v) is 5.29. The van der Waals surface area contributed by atoms with Crippen LogP contribution in [0.4, 0.5) is 0 Å². The van der Waals surface area contributed by atoms with Crippen LogP contribution in [0.3, 0.4) is 0 Å². The third-order valence-corrected chi connectivity index (χ3v) is 2.62. The van der Waals surface area contributed by atoms with Crippen LogP contribution in [0, 0.1) is 0 Å². The zero-order valence-corrected chi connectivity index (χ0v) is 8.52. The Balaban J connectivity index is 3.31. The van der Waals surface area contributed by atoms with Crippen LogP contribution in [-0.2, 0) is 9.53 Å². The van der Waals surface area contributed by atoms with Gasteiger partial charge in [0.05, 0.1) is 7.11 Å². The number of rotatable bonds is 6. The second-order valence-electron chi connectivity index (χ2n) is 2.56. The summed E-state index contributed by atoms with van der Waals surface area (Å²) in [6.07, 6.45) is 2.36. The Morgan fingerprint density at radius 1 is 1.67 bits per heavy atom. The topological polar surface area (TPSA) is 52.3 Å². The van der Waals surface area contributed by atoms with Gasteiger partial charge >= 0.3 is 5.97 Å². The summed E-state index contributed by atoms with van der Waals surface area (Å²) in [6, 6.07) is -0.461. The highest BCUT2D eigenvalue weighted by atomic mass is 32.2. The molecule has 0 aromatic carbocycles. The summed E-state index contributed by atoms with van der Waals surface area (Å²) in [5.41, 5.74) is 5.51. The van der Waals surface area contributed by atoms with Crippen LogP contribution in [0.25, 0.3) is 0 Å². The van der Waals surface area contributed by atoms with Crippen LogP contribution in [0.5, 0.6) is 0 Å². The summed E-state index contributed by atoms with van der Waals surface area (Å²) in [6.45, 7) is 2.14. The van der Waals surface area contributed by atoms with Crippen molar-refractivity contribution in [1.82, 2.24) is 0 Å². The summed E-state index contributed by atoms with van der Waals surface area (Å²) in [7, 11) is 1.36. The maximum absolute atomic E-state index is 10.8. The van der Waals surface area contributed by atoms with E-state index in [4.69, 9.17) is 5.73 Å². The van der Waals surface area contributed by atoms with Gasteiger partial charge in [-0.25, -0.2) is 0 Å². The van der Waals surface area contributed by atoms with Crippen molar-refractivity contribution in [3.63, 3.8) is 0 Å². The molecule has 0 heterocycles. The lowest BCUT2D eigenvalue weighted by molar-refractivity contribution is -0.141. The molecule has 0 fully saturated rings. The fraction of sp³-hybridized carbons (Fsp3) is 0.875. The van der Waals surface area contributed by atoms with Gasteiger partial charge in [-0.05, 0) is 12.2 Å². The predicted octanol–water partition coefficient (Wildman–Crippen LogP) is 1.02. The lowest BCUT2D eigenvalue weighted by Crippen LogP contribution is -2.33. The number of carbonyl (C=O) groups is 1. The standard InChI is InChI=1S/C8H17NO2S/c1-3-4-5-12-6-7(9)8(10)11-2/h7H,3-6,9H2,1-2H3/t7-/m0/s1. The van der Waals surface area contributed by atoms with Gasteiger partial charge in [0.25, 0.3) is 0 Å². The van der Waals surface area contributed by atoms with Gasteiger partial charge in [-0.3, -0.25) is 4.79 Å². The Morgan fingerprint density at radius 3 is 2.83 bits per heavy atom. The van der Waals surface area contributed by atoms with Crippen molar-refractivity contribution in [2.24, 2.45) is 5.73 Å². The van der Waals surface area contributed by atoms with Crippen molar-refractivity contribution in [3.05, 3.63) is 0 Å². The van der Waals surface area contributed by atoms with E-state index in [1.807, 2.05) is 0 Å². The van der Waals surface area contributed by atoms with E-state index in [1.165, 1.54) is 20.0 Å². The summed E-state index contributed by atoms with van der Waals surface area (Å²) < 4.78 is 4.49. The Hall–Kier alpha value is -0.220. The van der Waals surface area contributed by atoms with Crippen LogP contribution < -0.4 is 5.73 Å². The number of nitrogens with two attached hydrogens (primary N) is 1. The van der Waals surface area contributed by atoms with E-state index in [0.717, 1.165) is 5.75 Å². The van der Waals surface area contributed by atoms with Gasteiger partial charge in [0.15, 0.2) is 0 Å². The zero-order valence-electron chi connectivity index (χ0n) is 7.71. The number of unbranched alkanes of at least 4 members (excludes halogenated alkanes) is 1. The van der Waals surface area contributed by atoms with Crippen molar-refractivity contribution >= 4 is 17.7 Å². The number of hydrogen-bond acceptors (Lipinski definition) is 4. The molecule has 2 N–H and O–H groups in total. The fourth-order valence-electron chi connectivity index (χ4n) is 0.676. The molecule has 0 radical (unpaired) electrons. The largest absolute Gasteiger partial charge is 0.468 e. The highest BCUT2D eigenvalue weighted by molar-refractivity contribution is 7.99. The first-order chi connectivity index (χ1) is 5.72. The fourth-order valence-corrected chi connectivity index (χ4v) is 1.73. The number of thioether (sulfide) groups is 1. The van der Waals surface area contributed by atoms with Gasteiger partial charge in [-0.2, -0.15) is 11.8 Å². The third-order valence-electron chi connectivity index (χ3n) is 1.44. The van der Waals surface area contributed by atoms with E-state index in [0.29, 0.717) is 5.75 Å². The first kappa shape index (κ1) is 11.8. The molecule has 0 aromatic heterocycles. The Morgan fingerprint density at radius 2 is 2.33 bits per heavy atom. The second kappa shape index (κ2) is 7.43. The summed E-state index contributed by atoms with van der Waals surface area (Å²) in [4.78, 5) is 10.8. The quantitative estimate of drug-likeness (QED) is 0.503. The molecular weight excluding hydrogens is 174 g/mol. The van der Waals surface area contributed by atoms with Crippen molar-refractivity contribution in [2.45, 2.75) is 25.8 Å². The molecule has 0 aliphatic carbocycles.